The van der Waals surface area contributed by atoms with Gasteiger partial charge in [0.15, 0.2) is 0 Å². The molecule has 0 saturated carbocycles. The lowest BCUT2D eigenvalue weighted by atomic mass is 10.0. The highest BCUT2D eigenvalue weighted by molar-refractivity contribution is 8.00. The number of nitrogens with one attached hydrogen (secondary N) is 1. The van der Waals surface area contributed by atoms with E-state index in [1.54, 1.807) is 0 Å². The van der Waals surface area contributed by atoms with Gasteiger partial charge in [-0.15, -0.1) is 0 Å². The lowest BCUT2D eigenvalue weighted by Gasteiger charge is -2.28. The average molecular weight is 308 g/mol. The molecule has 1 aliphatic heterocycles. The van der Waals surface area contributed by atoms with E-state index in [4.69, 9.17) is 4.74 Å². The maximum absolute atomic E-state index is 5.71. The van der Waals surface area contributed by atoms with E-state index >= 15 is 0 Å². The van der Waals surface area contributed by atoms with Gasteiger partial charge in [-0.1, -0.05) is 43.7 Å². The average Bonchev–Trinajstić information content (AvgIpc) is 2.86. The Morgan fingerprint density at radius 1 is 1.33 bits per heavy atom. The van der Waals surface area contributed by atoms with Crippen molar-refractivity contribution in [2.24, 2.45) is 0 Å². The van der Waals surface area contributed by atoms with Crippen LogP contribution in [0.3, 0.4) is 0 Å². The minimum atomic E-state index is 0.391. The Morgan fingerprint density at radius 3 is 2.62 bits per heavy atom. The normalized spacial score (nSPS) is 25.0. The number of benzene rings is 1. The molecule has 1 fully saturated rings. The minimum Gasteiger partial charge on any atom is -0.377 e. The van der Waals surface area contributed by atoms with E-state index < -0.39 is 0 Å². The smallest absolute Gasteiger partial charge is 0.0666 e. The fourth-order valence-corrected chi connectivity index (χ4v) is 4.37. The molecule has 3 heteroatoms. The first-order valence-electron chi connectivity index (χ1n) is 8.18. The molecule has 0 bridgehead atoms. The summed E-state index contributed by atoms with van der Waals surface area (Å²) in [4.78, 5) is 0. The van der Waals surface area contributed by atoms with Gasteiger partial charge < -0.3 is 10.1 Å². The molecule has 0 aromatic heterocycles. The third-order valence-corrected chi connectivity index (χ3v) is 5.89. The molecule has 4 atom stereocenters. The Balaban J connectivity index is 2.05. The lowest BCUT2D eigenvalue weighted by molar-refractivity contribution is 0.127. The molecule has 2 nitrogen and oxygen atoms in total. The Hall–Kier alpha value is -0.510. The zero-order valence-electron chi connectivity index (χ0n) is 13.8. The van der Waals surface area contributed by atoms with Crippen LogP contribution in [0.5, 0.6) is 0 Å². The number of rotatable bonds is 7. The molecule has 1 heterocycles. The highest BCUT2D eigenvalue weighted by atomic mass is 32.2. The predicted molar refractivity (Wildman–Crippen MR) is 93.1 cm³/mol. The van der Waals surface area contributed by atoms with Gasteiger partial charge in [0.1, 0.15) is 0 Å². The molecule has 21 heavy (non-hydrogen) atoms. The van der Waals surface area contributed by atoms with Crippen LogP contribution in [0.25, 0.3) is 0 Å². The van der Waals surface area contributed by atoms with Crippen molar-refractivity contribution in [3.8, 4) is 0 Å². The van der Waals surface area contributed by atoms with Gasteiger partial charge >= 0.3 is 0 Å². The van der Waals surface area contributed by atoms with Gasteiger partial charge in [0.05, 0.1) is 6.10 Å². The second kappa shape index (κ2) is 8.21. The van der Waals surface area contributed by atoms with E-state index in [9.17, 15) is 0 Å². The maximum Gasteiger partial charge on any atom is 0.0666 e. The Bertz CT molecular complexity index is 420. The molecule has 118 valence electrons. The SMILES string of the molecule is CCCNC(c1ccc(C)cc1)C(C)SC1CCOC1C. The van der Waals surface area contributed by atoms with Gasteiger partial charge in [-0.05, 0) is 38.8 Å². The zero-order chi connectivity index (χ0) is 15.2. The summed E-state index contributed by atoms with van der Waals surface area (Å²) in [6, 6.07) is 9.40. The molecule has 1 aromatic rings. The molecule has 1 aliphatic rings. The van der Waals surface area contributed by atoms with Crippen LogP contribution in [0.2, 0.25) is 0 Å². The van der Waals surface area contributed by atoms with Gasteiger partial charge in [0.2, 0.25) is 0 Å². The molecular formula is C18H29NOS. The summed E-state index contributed by atoms with van der Waals surface area (Å²) >= 11 is 2.09. The summed E-state index contributed by atoms with van der Waals surface area (Å²) < 4.78 is 5.71. The number of aryl methyl sites for hydroxylation is 1. The summed E-state index contributed by atoms with van der Waals surface area (Å²) in [6.07, 6.45) is 2.75. The first kappa shape index (κ1) is 16.9. The van der Waals surface area contributed by atoms with Crippen molar-refractivity contribution < 1.29 is 4.74 Å². The molecule has 2 rings (SSSR count). The van der Waals surface area contributed by atoms with Gasteiger partial charge in [-0.3, -0.25) is 0 Å². The topological polar surface area (TPSA) is 21.3 Å². The molecule has 0 spiro atoms. The van der Waals surface area contributed by atoms with E-state index in [0.29, 0.717) is 22.6 Å². The van der Waals surface area contributed by atoms with Crippen LogP contribution >= 0.6 is 11.8 Å². The summed E-state index contributed by atoms with van der Waals surface area (Å²) in [6.45, 7) is 10.9. The van der Waals surface area contributed by atoms with Crippen LogP contribution in [0.15, 0.2) is 24.3 Å². The van der Waals surface area contributed by atoms with Crippen LogP contribution in [0, 0.1) is 6.92 Å². The van der Waals surface area contributed by atoms with E-state index in [-0.39, 0.29) is 0 Å². The summed E-state index contributed by atoms with van der Waals surface area (Å²) in [5.41, 5.74) is 2.73. The zero-order valence-corrected chi connectivity index (χ0v) is 14.6. The van der Waals surface area contributed by atoms with Crippen molar-refractivity contribution >= 4 is 11.8 Å². The monoisotopic (exact) mass is 307 g/mol. The number of hydrogen-bond donors (Lipinski definition) is 1. The first-order chi connectivity index (χ1) is 10.1. The number of thioether (sulfide) groups is 1. The Kier molecular flexibility index (Phi) is 6.59. The molecule has 1 saturated heterocycles. The van der Waals surface area contributed by atoms with Crippen LogP contribution in [-0.4, -0.2) is 29.8 Å². The third kappa shape index (κ3) is 4.73. The van der Waals surface area contributed by atoms with Crippen LogP contribution in [0.4, 0.5) is 0 Å². The van der Waals surface area contributed by atoms with Gasteiger partial charge in [-0.25, -0.2) is 0 Å². The van der Waals surface area contributed by atoms with E-state index in [0.717, 1.165) is 13.2 Å². The predicted octanol–water partition coefficient (Wildman–Crippen LogP) is 4.33. The van der Waals surface area contributed by atoms with Crippen molar-refractivity contribution in [3.63, 3.8) is 0 Å². The molecule has 0 aliphatic carbocycles. The largest absolute Gasteiger partial charge is 0.377 e. The first-order valence-corrected chi connectivity index (χ1v) is 9.13. The lowest BCUT2D eigenvalue weighted by Crippen LogP contribution is -2.31. The fourth-order valence-electron chi connectivity index (χ4n) is 2.87. The highest BCUT2D eigenvalue weighted by Gasteiger charge is 2.29. The molecule has 4 unspecified atom stereocenters. The molecular weight excluding hydrogens is 278 g/mol. The van der Waals surface area contributed by atoms with Gasteiger partial charge in [0.25, 0.3) is 0 Å². The third-order valence-electron chi connectivity index (χ3n) is 4.22. The quantitative estimate of drug-likeness (QED) is 0.810. The number of hydrogen-bond acceptors (Lipinski definition) is 3. The van der Waals surface area contributed by atoms with Crippen molar-refractivity contribution in [2.45, 2.75) is 63.2 Å². The van der Waals surface area contributed by atoms with Crippen LogP contribution < -0.4 is 5.32 Å². The Labute approximate surface area is 134 Å². The van der Waals surface area contributed by atoms with Gasteiger partial charge in [0, 0.05) is 23.1 Å². The minimum absolute atomic E-state index is 0.391. The van der Waals surface area contributed by atoms with E-state index in [1.165, 1.54) is 24.0 Å². The van der Waals surface area contributed by atoms with E-state index in [2.05, 4.69) is 69.0 Å². The molecule has 0 radical (unpaired) electrons. The van der Waals surface area contributed by atoms with Crippen molar-refractivity contribution in [1.82, 2.24) is 5.32 Å². The van der Waals surface area contributed by atoms with Crippen LogP contribution in [0.1, 0.15) is 50.8 Å². The van der Waals surface area contributed by atoms with Gasteiger partial charge in [-0.2, -0.15) is 11.8 Å². The maximum atomic E-state index is 5.71. The molecule has 1 N–H and O–H groups in total. The van der Waals surface area contributed by atoms with Crippen molar-refractivity contribution in [1.29, 1.82) is 0 Å². The Morgan fingerprint density at radius 2 is 2.05 bits per heavy atom. The fraction of sp³-hybridized carbons (Fsp3) is 0.667. The van der Waals surface area contributed by atoms with Crippen LogP contribution in [-0.2, 0) is 4.74 Å². The second-order valence-electron chi connectivity index (χ2n) is 6.09. The summed E-state index contributed by atoms with van der Waals surface area (Å²) in [5.74, 6) is 0. The van der Waals surface area contributed by atoms with Crippen molar-refractivity contribution in [3.05, 3.63) is 35.4 Å². The highest BCUT2D eigenvalue weighted by Crippen LogP contribution is 2.35. The molecule has 1 aromatic carbocycles. The van der Waals surface area contributed by atoms with Crippen molar-refractivity contribution in [2.75, 3.05) is 13.2 Å². The van der Waals surface area contributed by atoms with E-state index in [1.807, 2.05) is 0 Å². The molecule has 0 amide bonds. The summed E-state index contributed by atoms with van der Waals surface area (Å²) in [7, 11) is 0. The standard InChI is InChI=1S/C18H29NOS/c1-5-11-19-18(16-8-6-13(2)7-9-16)15(4)21-17-10-12-20-14(17)3/h6-9,14-15,17-19H,5,10-12H2,1-4H3. The summed E-state index contributed by atoms with van der Waals surface area (Å²) in [5, 5.41) is 4.92. The second-order valence-corrected chi connectivity index (χ2v) is 7.71. The number of ether oxygens (including phenoxy) is 1.